The lowest BCUT2D eigenvalue weighted by molar-refractivity contribution is -0.131. The van der Waals surface area contributed by atoms with E-state index in [4.69, 9.17) is 0 Å². The molecule has 2 unspecified atom stereocenters. The third-order valence-electron chi connectivity index (χ3n) is 3.35. The van der Waals surface area contributed by atoms with Crippen LogP contribution in [0.2, 0.25) is 0 Å². The predicted molar refractivity (Wildman–Crippen MR) is 67.2 cm³/mol. The highest BCUT2D eigenvalue weighted by Crippen LogP contribution is 2.31. The van der Waals surface area contributed by atoms with Gasteiger partial charge in [-0.15, -0.1) is 6.58 Å². The van der Waals surface area contributed by atoms with Crippen LogP contribution in [0.25, 0.3) is 0 Å². The molecule has 0 spiro atoms. The zero-order valence-corrected chi connectivity index (χ0v) is 10.5. The van der Waals surface area contributed by atoms with E-state index in [1.54, 1.807) is 0 Å². The Morgan fingerprint density at radius 1 is 1.69 bits per heavy atom. The molecular weight excluding hydrogens is 200 g/mol. The second kappa shape index (κ2) is 6.04. The maximum Gasteiger partial charge on any atom is 0.227 e. The summed E-state index contributed by atoms with van der Waals surface area (Å²) in [5, 5.41) is 6.40. The van der Waals surface area contributed by atoms with Gasteiger partial charge in [0.1, 0.15) is 0 Å². The lowest BCUT2D eigenvalue weighted by Crippen LogP contribution is -2.45. The van der Waals surface area contributed by atoms with Crippen LogP contribution in [0.4, 0.5) is 0 Å². The van der Waals surface area contributed by atoms with Crippen molar-refractivity contribution in [2.24, 2.45) is 5.41 Å². The van der Waals surface area contributed by atoms with Crippen molar-refractivity contribution < 1.29 is 4.79 Å². The molecule has 0 bridgehead atoms. The molecule has 16 heavy (non-hydrogen) atoms. The highest BCUT2D eigenvalue weighted by Gasteiger charge is 2.40. The molecule has 3 heteroatoms. The zero-order chi connectivity index (χ0) is 12.0. The van der Waals surface area contributed by atoms with Crippen molar-refractivity contribution in [1.82, 2.24) is 10.6 Å². The summed E-state index contributed by atoms with van der Waals surface area (Å²) in [4.78, 5) is 12.3. The summed E-state index contributed by atoms with van der Waals surface area (Å²) in [5.41, 5.74) is -0.163. The number of nitrogens with one attached hydrogen (secondary N) is 2. The molecule has 1 fully saturated rings. The van der Waals surface area contributed by atoms with Gasteiger partial charge in [0.2, 0.25) is 5.91 Å². The molecule has 0 radical (unpaired) electrons. The average Bonchev–Trinajstić information content (AvgIpc) is 2.68. The molecule has 92 valence electrons. The third-order valence-corrected chi connectivity index (χ3v) is 3.35. The Labute approximate surface area is 98.7 Å². The van der Waals surface area contributed by atoms with Gasteiger partial charge in [0.15, 0.2) is 0 Å². The van der Waals surface area contributed by atoms with Crippen LogP contribution in [-0.4, -0.2) is 25.0 Å². The molecule has 1 aliphatic heterocycles. The monoisotopic (exact) mass is 224 g/mol. The Bertz CT molecular complexity index is 244. The van der Waals surface area contributed by atoms with Crippen molar-refractivity contribution in [2.45, 2.75) is 45.6 Å². The summed E-state index contributed by atoms with van der Waals surface area (Å²) in [7, 11) is 0. The molecule has 1 amide bonds. The molecule has 0 saturated carbocycles. The van der Waals surface area contributed by atoms with Gasteiger partial charge < -0.3 is 10.6 Å². The Balaban J connectivity index is 2.57. The smallest absolute Gasteiger partial charge is 0.227 e. The maximum atomic E-state index is 12.3. The standard InChI is InChI=1S/C13H24N2O/c1-4-6-11(3)15-12(16)13(7-5-2)8-9-14-10-13/h4,11,14H,1,5-10H2,2-3H3,(H,15,16). The highest BCUT2D eigenvalue weighted by molar-refractivity contribution is 5.83. The number of hydrogen-bond donors (Lipinski definition) is 2. The highest BCUT2D eigenvalue weighted by atomic mass is 16.2. The average molecular weight is 224 g/mol. The van der Waals surface area contributed by atoms with E-state index in [2.05, 4.69) is 24.1 Å². The molecule has 1 rings (SSSR count). The van der Waals surface area contributed by atoms with Gasteiger partial charge in [0, 0.05) is 12.6 Å². The van der Waals surface area contributed by atoms with Gasteiger partial charge in [-0.25, -0.2) is 0 Å². The molecule has 2 atom stereocenters. The van der Waals surface area contributed by atoms with Gasteiger partial charge in [0.05, 0.1) is 5.41 Å². The molecule has 1 heterocycles. The van der Waals surface area contributed by atoms with Gasteiger partial charge in [0.25, 0.3) is 0 Å². The number of carbonyl (C=O) groups is 1. The summed E-state index contributed by atoms with van der Waals surface area (Å²) >= 11 is 0. The van der Waals surface area contributed by atoms with Gasteiger partial charge in [-0.1, -0.05) is 19.4 Å². The first-order valence-corrected chi connectivity index (χ1v) is 6.27. The molecule has 1 aliphatic rings. The van der Waals surface area contributed by atoms with E-state index < -0.39 is 0 Å². The number of carbonyl (C=O) groups excluding carboxylic acids is 1. The Kier molecular flexibility index (Phi) is 5.00. The van der Waals surface area contributed by atoms with E-state index in [1.165, 1.54) is 0 Å². The van der Waals surface area contributed by atoms with Crippen LogP contribution in [0.1, 0.15) is 39.5 Å². The predicted octanol–water partition coefficient (Wildman–Crippen LogP) is 1.85. The molecule has 0 aliphatic carbocycles. The first-order chi connectivity index (χ1) is 7.64. The fraction of sp³-hybridized carbons (Fsp3) is 0.769. The van der Waals surface area contributed by atoms with Crippen molar-refractivity contribution in [3.63, 3.8) is 0 Å². The minimum Gasteiger partial charge on any atom is -0.353 e. The fourth-order valence-electron chi connectivity index (χ4n) is 2.43. The van der Waals surface area contributed by atoms with Crippen LogP contribution in [-0.2, 0) is 4.79 Å². The van der Waals surface area contributed by atoms with Crippen molar-refractivity contribution in [3.8, 4) is 0 Å². The summed E-state index contributed by atoms with van der Waals surface area (Å²) in [6.45, 7) is 9.65. The minimum atomic E-state index is -0.163. The Morgan fingerprint density at radius 3 is 2.94 bits per heavy atom. The summed E-state index contributed by atoms with van der Waals surface area (Å²) in [5.74, 6) is 0.216. The molecule has 0 aromatic heterocycles. The summed E-state index contributed by atoms with van der Waals surface area (Å²) in [6, 6.07) is 0.194. The zero-order valence-electron chi connectivity index (χ0n) is 10.5. The first-order valence-electron chi connectivity index (χ1n) is 6.27. The number of hydrogen-bond acceptors (Lipinski definition) is 2. The van der Waals surface area contributed by atoms with Crippen molar-refractivity contribution in [3.05, 3.63) is 12.7 Å². The largest absolute Gasteiger partial charge is 0.353 e. The number of rotatable bonds is 6. The maximum absolute atomic E-state index is 12.3. The van der Waals surface area contributed by atoms with Crippen LogP contribution in [0.3, 0.4) is 0 Å². The van der Waals surface area contributed by atoms with Crippen molar-refractivity contribution in [2.75, 3.05) is 13.1 Å². The lowest BCUT2D eigenvalue weighted by atomic mass is 9.81. The van der Waals surface area contributed by atoms with Gasteiger partial charge >= 0.3 is 0 Å². The Hall–Kier alpha value is -0.830. The second-order valence-electron chi connectivity index (χ2n) is 4.86. The van der Waals surface area contributed by atoms with Crippen LogP contribution >= 0.6 is 0 Å². The van der Waals surface area contributed by atoms with Crippen LogP contribution in [0.15, 0.2) is 12.7 Å². The lowest BCUT2D eigenvalue weighted by Gasteiger charge is -2.28. The fourth-order valence-corrected chi connectivity index (χ4v) is 2.43. The SMILES string of the molecule is C=CCC(C)NC(=O)C1(CCC)CCNC1. The van der Waals surface area contributed by atoms with Gasteiger partial charge in [-0.2, -0.15) is 0 Å². The van der Waals surface area contributed by atoms with Gasteiger partial charge in [-0.05, 0) is 32.7 Å². The van der Waals surface area contributed by atoms with E-state index in [0.29, 0.717) is 0 Å². The molecule has 0 aromatic carbocycles. The van der Waals surface area contributed by atoms with Crippen LogP contribution in [0.5, 0.6) is 0 Å². The van der Waals surface area contributed by atoms with Crippen LogP contribution < -0.4 is 10.6 Å². The molecule has 2 N–H and O–H groups in total. The van der Waals surface area contributed by atoms with E-state index in [-0.39, 0.29) is 17.4 Å². The summed E-state index contributed by atoms with van der Waals surface area (Å²) in [6.07, 6.45) is 5.69. The van der Waals surface area contributed by atoms with Gasteiger partial charge in [-0.3, -0.25) is 4.79 Å². The molecular formula is C13H24N2O. The Morgan fingerprint density at radius 2 is 2.44 bits per heavy atom. The topological polar surface area (TPSA) is 41.1 Å². The quantitative estimate of drug-likeness (QED) is 0.676. The second-order valence-corrected chi connectivity index (χ2v) is 4.86. The van der Waals surface area contributed by atoms with Crippen LogP contribution in [0, 0.1) is 5.41 Å². The number of amides is 1. The molecule has 0 aromatic rings. The molecule has 3 nitrogen and oxygen atoms in total. The normalized spacial score (nSPS) is 26.4. The van der Waals surface area contributed by atoms with Crippen molar-refractivity contribution >= 4 is 5.91 Å². The molecule has 1 saturated heterocycles. The first kappa shape index (κ1) is 13.2. The summed E-state index contributed by atoms with van der Waals surface area (Å²) < 4.78 is 0. The van der Waals surface area contributed by atoms with Crippen molar-refractivity contribution in [1.29, 1.82) is 0 Å². The minimum absolute atomic E-state index is 0.163. The van der Waals surface area contributed by atoms with E-state index in [1.807, 2.05) is 13.0 Å². The van der Waals surface area contributed by atoms with E-state index in [9.17, 15) is 4.79 Å². The van der Waals surface area contributed by atoms with E-state index in [0.717, 1.165) is 38.8 Å². The third kappa shape index (κ3) is 3.08. The van der Waals surface area contributed by atoms with E-state index >= 15 is 0 Å².